The van der Waals surface area contributed by atoms with Gasteiger partial charge in [0.25, 0.3) is 5.91 Å². The average Bonchev–Trinajstić information content (AvgIpc) is 2.71. The Morgan fingerprint density at radius 3 is 2.08 bits per heavy atom. The second-order valence-electron chi connectivity index (χ2n) is 7.39. The molecule has 0 saturated carbocycles. The van der Waals surface area contributed by atoms with E-state index in [0.29, 0.717) is 18.2 Å². The van der Waals surface area contributed by atoms with Gasteiger partial charge in [-0.3, -0.25) is 4.79 Å². The fourth-order valence-corrected chi connectivity index (χ4v) is 4.56. The van der Waals surface area contributed by atoms with Gasteiger partial charge in [0.1, 0.15) is 5.54 Å². The predicted octanol–water partition coefficient (Wildman–Crippen LogP) is 0.619. The molecule has 1 N–H and O–H groups in total. The summed E-state index contributed by atoms with van der Waals surface area (Å²) in [6.07, 6.45) is 5.64. The molecule has 0 unspecified atom stereocenters. The molecule has 0 aromatic heterocycles. The fourth-order valence-electron chi connectivity index (χ4n) is 3.32. The van der Waals surface area contributed by atoms with Crippen LogP contribution in [0.1, 0.15) is 39.5 Å². The number of nitrogens with one attached hydrogen (secondary N) is 1. The Morgan fingerprint density at radius 2 is 1.60 bits per heavy atom. The van der Waals surface area contributed by atoms with E-state index in [1.54, 1.807) is 4.31 Å². The summed E-state index contributed by atoms with van der Waals surface area (Å²) >= 11 is 5.23. The van der Waals surface area contributed by atoms with Crippen LogP contribution in [0.5, 0.6) is 0 Å². The number of nitrogens with zero attached hydrogens (tertiary/aromatic N) is 3. The lowest BCUT2D eigenvalue weighted by molar-refractivity contribution is -0.125. The summed E-state index contributed by atoms with van der Waals surface area (Å²) in [4.78, 5) is 16.1. The molecular formula is C16H30N4O3S2. The van der Waals surface area contributed by atoms with Crippen LogP contribution in [-0.2, 0) is 14.8 Å². The highest BCUT2D eigenvalue weighted by Gasteiger charge is 2.42. The number of amides is 1. The first kappa shape index (κ1) is 20.5. The van der Waals surface area contributed by atoms with E-state index < -0.39 is 15.6 Å². The van der Waals surface area contributed by atoms with Gasteiger partial charge in [-0.25, -0.2) is 8.42 Å². The van der Waals surface area contributed by atoms with Gasteiger partial charge in [-0.1, -0.05) is 12.8 Å². The molecule has 0 atom stereocenters. The number of rotatable bonds is 8. The second kappa shape index (κ2) is 8.28. The first-order valence-corrected chi connectivity index (χ1v) is 11.2. The Bertz CT molecular complexity index is 599. The number of sulfonamides is 1. The molecule has 0 radical (unpaired) electrons. The minimum atomic E-state index is -3.05. The van der Waals surface area contributed by atoms with Crippen molar-refractivity contribution in [3.8, 4) is 0 Å². The molecule has 0 aliphatic carbocycles. The summed E-state index contributed by atoms with van der Waals surface area (Å²) in [5, 5.41) is 3.27. The van der Waals surface area contributed by atoms with Crippen LogP contribution in [0.25, 0.3) is 0 Å². The van der Waals surface area contributed by atoms with Crippen molar-refractivity contribution in [2.75, 3.05) is 45.5 Å². The van der Waals surface area contributed by atoms with Gasteiger partial charge in [-0.15, -0.1) is 0 Å². The van der Waals surface area contributed by atoms with Gasteiger partial charge in [0, 0.05) is 32.7 Å². The molecular weight excluding hydrogens is 360 g/mol. The monoisotopic (exact) mass is 390 g/mol. The van der Waals surface area contributed by atoms with Gasteiger partial charge in [-0.05, 0) is 45.5 Å². The Labute approximate surface area is 156 Å². The molecule has 1 amide bonds. The minimum Gasteiger partial charge on any atom is -0.335 e. The lowest BCUT2D eigenvalue weighted by Crippen LogP contribution is -2.48. The van der Waals surface area contributed by atoms with Crippen molar-refractivity contribution in [2.45, 2.75) is 45.1 Å². The molecule has 0 bridgehead atoms. The summed E-state index contributed by atoms with van der Waals surface area (Å²) in [6, 6.07) is 0. The molecule has 2 fully saturated rings. The molecule has 0 spiro atoms. The molecule has 0 aromatic rings. The molecule has 2 heterocycles. The smallest absolute Gasteiger partial charge is 0.251 e. The highest BCUT2D eigenvalue weighted by Crippen LogP contribution is 2.21. The molecule has 2 aliphatic heterocycles. The van der Waals surface area contributed by atoms with Gasteiger partial charge >= 0.3 is 0 Å². The Balaban J connectivity index is 1.57. The van der Waals surface area contributed by atoms with Crippen LogP contribution in [0.2, 0.25) is 0 Å². The lowest BCUT2D eigenvalue weighted by atomic mass is 10.0. The molecule has 2 rings (SSSR count). The van der Waals surface area contributed by atoms with Crippen LogP contribution >= 0.6 is 12.2 Å². The third-order valence-corrected chi connectivity index (χ3v) is 6.73. The molecule has 2 aliphatic rings. The van der Waals surface area contributed by atoms with Crippen molar-refractivity contribution in [3.05, 3.63) is 0 Å². The van der Waals surface area contributed by atoms with Gasteiger partial charge in [0.05, 0.1) is 6.26 Å². The number of hydrogen-bond donors (Lipinski definition) is 1. The fraction of sp³-hybridized carbons (Fsp3) is 0.875. The van der Waals surface area contributed by atoms with Crippen LogP contribution in [0.3, 0.4) is 0 Å². The molecule has 0 aromatic carbocycles. The largest absolute Gasteiger partial charge is 0.335 e. The number of hydrogen-bond acceptors (Lipinski definition) is 5. The van der Waals surface area contributed by atoms with Crippen LogP contribution in [0.15, 0.2) is 0 Å². The molecule has 2 saturated heterocycles. The van der Waals surface area contributed by atoms with Crippen molar-refractivity contribution in [1.82, 2.24) is 19.4 Å². The average molecular weight is 391 g/mol. The van der Waals surface area contributed by atoms with E-state index in [0.717, 1.165) is 51.9 Å². The summed E-state index contributed by atoms with van der Waals surface area (Å²) in [5.41, 5.74) is -0.545. The number of carbonyl (C=O) groups excluding carboxylic acids is 1. The highest BCUT2D eigenvalue weighted by molar-refractivity contribution is 7.88. The maximum absolute atomic E-state index is 11.8. The third kappa shape index (κ3) is 5.35. The van der Waals surface area contributed by atoms with Crippen LogP contribution < -0.4 is 5.32 Å². The zero-order valence-electron chi connectivity index (χ0n) is 15.5. The Morgan fingerprint density at radius 1 is 1.04 bits per heavy atom. The van der Waals surface area contributed by atoms with Crippen molar-refractivity contribution in [2.24, 2.45) is 0 Å². The molecule has 25 heavy (non-hydrogen) atoms. The predicted molar refractivity (Wildman–Crippen MR) is 103 cm³/mol. The van der Waals surface area contributed by atoms with Crippen molar-refractivity contribution >= 4 is 33.3 Å². The van der Waals surface area contributed by atoms with Crippen molar-refractivity contribution in [3.63, 3.8) is 0 Å². The quantitative estimate of drug-likeness (QED) is 0.484. The summed E-state index contributed by atoms with van der Waals surface area (Å²) in [5.74, 6) is -0.0225. The van der Waals surface area contributed by atoms with E-state index in [9.17, 15) is 13.2 Å². The van der Waals surface area contributed by atoms with E-state index in [1.807, 2.05) is 18.7 Å². The number of piperazine rings is 1. The van der Waals surface area contributed by atoms with E-state index in [2.05, 4.69) is 10.2 Å². The second-order valence-corrected chi connectivity index (χ2v) is 9.76. The number of unbranched alkanes of at least 4 members (excludes halogenated alkanes) is 3. The van der Waals surface area contributed by atoms with E-state index >= 15 is 0 Å². The third-order valence-electron chi connectivity index (χ3n) is 5.10. The van der Waals surface area contributed by atoms with Gasteiger partial charge < -0.3 is 15.1 Å². The van der Waals surface area contributed by atoms with Crippen LogP contribution in [0, 0.1) is 0 Å². The van der Waals surface area contributed by atoms with Crippen LogP contribution in [0.4, 0.5) is 0 Å². The molecule has 9 heteroatoms. The minimum absolute atomic E-state index is 0.0225. The normalized spacial score (nSPS) is 22.4. The van der Waals surface area contributed by atoms with Gasteiger partial charge in [0.15, 0.2) is 5.11 Å². The van der Waals surface area contributed by atoms with Crippen molar-refractivity contribution in [1.29, 1.82) is 0 Å². The maximum Gasteiger partial charge on any atom is 0.251 e. The van der Waals surface area contributed by atoms with Crippen LogP contribution in [-0.4, -0.2) is 84.6 Å². The van der Waals surface area contributed by atoms with Crippen molar-refractivity contribution < 1.29 is 13.2 Å². The molecule has 7 nitrogen and oxygen atoms in total. The summed E-state index contributed by atoms with van der Waals surface area (Å²) in [7, 11) is -3.05. The summed E-state index contributed by atoms with van der Waals surface area (Å²) < 4.78 is 24.5. The van der Waals surface area contributed by atoms with Gasteiger partial charge in [-0.2, -0.15) is 4.31 Å². The first-order valence-electron chi connectivity index (χ1n) is 8.93. The van der Waals surface area contributed by atoms with E-state index in [4.69, 9.17) is 12.2 Å². The van der Waals surface area contributed by atoms with E-state index in [-0.39, 0.29) is 5.91 Å². The Hall–Kier alpha value is -0.770. The van der Waals surface area contributed by atoms with Gasteiger partial charge in [0.2, 0.25) is 10.0 Å². The zero-order chi connectivity index (χ0) is 18.7. The SMILES string of the molecule is CC1(C)C(=O)NC(=S)N1CCCCCCN1CCN(S(C)(=O)=O)CC1. The first-order chi connectivity index (χ1) is 11.6. The number of thiocarbonyl (C=S) groups is 1. The maximum atomic E-state index is 11.8. The molecule has 144 valence electrons. The summed E-state index contributed by atoms with van der Waals surface area (Å²) in [6.45, 7) is 8.45. The van der Waals surface area contributed by atoms with E-state index in [1.165, 1.54) is 6.26 Å². The topological polar surface area (TPSA) is 73.0 Å². The zero-order valence-corrected chi connectivity index (χ0v) is 17.1. The highest BCUT2D eigenvalue weighted by atomic mass is 32.2. The standard InChI is InChI=1S/C16H30N4O3S2/c1-16(2)14(21)17-15(24)20(16)9-7-5-4-6-8-18-10-12-19(13-11-18)25(3,22)23/h4-13H2,1-3H3,(H,17,21,24). The lowest BCUT2D eigenvalue weighted by Gasteiger charge is -2.33. The number of carbonyl (C=O) groups is 1. The Kier molecular flexibility index (Phi) is 6.80.